The predicted molar refractivity (Wildman–Crippen MR) is 51.8 cm³/mol. The third-order valence-corrected chi connectivity index (χ3v) is 2.74. The normalized spacial score (nSPS) is 21.6. The second-order valence-corrected chi connectivity index (χ2v) is 3.50. The average molecular weight is 207 g/mol. The van der Waals surface area contributed by atoms with Crippen molar-refractivity contribution in [3.05, 3.63) is 23.3 Å². The zero-order valence-electron chi connectivity index (χ0n) is 7.80. The molecule has 2 N–H and O–H groups in total. The Kier molecular flexibility index (Phi) is 1.96. The van der Waals surface area contributed by atoms with Gasteiger partial charge in [0.2, 0.25) is 5.41 Å². The smallest absolute Gasteiger partial charge is 0.329 e. The van der Waals surface area contributed by atoms with Crippen molar-refractivity contribution in [1.29, 1.82) is 0 Å². The monoisotopic (exact) mass is 207 g/mol. The Hall–Kier alpha value is -1.91. The Bertz CT molecular complexity index is 417. The van der Waals surface area contributed by atoms with Gasteiger partial charge in [-0.1, -0.05) is 12.2 Å². The number of nitrogens with zero attached hydrogens (tertiary/aromatic N) is 1. The molecule has 0 saturated carbocycles. The number of carboxylic acid groups (broad SMARTS) is 2. The van der Waals surface area contributed by atoms with Crippen molar-refractivity contribution >= 4 is 18.2 Å². The molecule has 5 nitrogen and oxygen atoms in total. The van der Waals surface area contributed by atoms with E-state index in [0.717, 1.165) is 0 Å². The summed E-state index contributed by atoms with van der Waals surface area (Å²) in [5, 5.41) is 18.2. The van der Waals surface area contributed by atoms with Gasteiger partial charge < -0.3 is 10.2 Å². The van der Waals surface area contributed by atoms with Gasteiger partial charge in [0, 0.05) is 6.21 Å². The highest BCUT2D eigenvalue weighted by molar-refractivity contribution is 6.07. The van der Waals surface area contributed by atoms with Gasteiger partial charge in [-0.15, -0.1) is 0 Å². The van der Waals surface area contributed by atoms with Crippen LogP contribution in [0, 0.1) is 5.41 Å². The summed E-state index contributed by atoms with van der Waals surface area (Å²) in [4.78, 5) is 26.2. The lowest BCUT2D eigenvalue weighted by Crippen LogP contribution is -2.41. The summed E-state index contributed by atoms with van der Waals surface area (Å²) in [5.41, 5.74) is -0.823. The highest BCUT2D eigenvalue weighted by Gasteiger charge is 2.50. The molecular weight excluding hydrogens is 198 g/mol. The van der Waals surface area contributed by atoms with Crippen LogP contribution in [0.3, 0.4) is 0 Å². The van der Waals surface area contributed by atoms with Crippen molar-refractivity contribution in [2.24, 2.45) is 10.4 Å². The van der Waals surface area contributed by atoms with E-state index in [0.29, 0.717) is 17.6 Å². The minimum Gasteiger partial charge on any atom is -0.480 e. The van der Waals surface area contributed by atoms with E-state index in [1.54, 1.807) is 12.3 Å². The number of aliphatic carboxylic acids is 2. The lowest BCUT2D eigenvalue weighted by Gasteiger charge is -2.26. The standard InChI is InChI=1S/C10H9NO4/c12-8(13)10(9(14)15)3-1-2-6-4-11-5-7(6)10/h1,3-4H,2,5H2,(H,12,13)(H,14,15). The van der Waals surface area contributed by atoms with Gasteiger partial charge in [-0.25, -0.2) is 0 Å². The second kappa shape index (κ2) is 3.05. The van der Waals surface area contributed by atoms with E-state index in [4.69, 9.17) is 10.2 Å². The largest absolute Gasteiger partial charge is 0.480 e. The van der Waals surface area contributed by atoms with Crippen LogP contribution in [0.5, 0.6) is 0 Å². The van der Waals surface area contributed by atoms with Crippen LogP contribution in [0.4, 0.5) is 0 Å². The third-order valence-electron chi connectivity index (χ3n) is 2.74. The zero-order valence-corrected chi connectivity index (χ0v) is 7.80. The van der Waals surface area contributed by atoms with Gasteiger partial charge in [0.1, 0.15) is 0 Å². The van der Waals surface area contributed by atoms with Crippen molar-refractivity contribution in [2.75, 3.05) is 6.54 Å². The molecule has 0 aromatic heterocycles. The average Bonchev–Trinajstić information content (AvgIpc) is 2.63. The fourth-order valence-electron chi connectivity index (χ4n) is 1.94. The van der Waals surface area contributed by atoms with E-state index >= 15 is 0 Å². The zero-order chi connectivity index (χ0) is 11.1. The Morgan fingerprint density at radius 2 is 2.00 bits per heavy atom. The summed E-state index contributed by atoms with van der Waals surface area (Å²) in [6.45, 7) is 0.165. The Morgan fingerprint density at radius 1 is 1.33 bits per heavy atom. The Morgan fingerprint density at radius 3 is 2.60 bits per heavy atom. The van der Waals surface area contributed by atoms with Gasteiger partial charge in [0.05, 0.1) is 6.54 Å². The molecule has 5 heteroatoms. The number of carbonyl (C=O) groups is 2. The molecule has 0 aromatic rings. The van der Waals surface area contributed by atoms with Gasteiger partial charge in [0.25, 0.3) is 0 Å². The minimum atomic E-state index is -1.91. The summed E-state index contributed by atoms with van der Waals surface area (Å²) in [6.07, 6.45) is 4.92. The molecule has 2 aliphatic rings. The van der Waals surface area contributed by atoms with E-state index in [1.165, 1.54) is 6.08 Å². The van der Waals surface area contributed by atoms with Crippen LogP contribution in [0.15, 0.2) is 28.3 Å². The molecular formula is C10H9NO4. The van der Waals surface area contributed by atoms with Gasteiger partial charge in [-0.3, -0.25) is 14.6 Å². The highest BCUT2D eigenvalue weighted by Crippen LogP contribution is 2.38. The van der Waals surface area contributed by atoms with E-state index in [2.05, 4.69) is 4.99 Å². The number of hydrogen-bond donors (Lipinski definition) is 2. The summed E-state index contributed by atoms with van der Waals surface area (Å²) in [5.74, 6) is -2.71. The maximum Gasteiger partial charge on any atom is 0.329 e. The molecule has 15 heavy (non-hydrogen) atoms. The van der Waals surface area contributed by atoms with Crippen molar-refractivity contribution in [3.8, 4) is 0 Å². The SMILES string of the molecule is O=C(O)C1(C(=O)O)C=CCC2=C1CN=C2. The van der Waals surface area contributed by atoms with Crippen LogP contribution in [-0.4, -0.2) is 34.9 Å². The van der Waals surface area contributed by atoms with Crippen LogP contribution in [0.2, 0.25) is 0 Å². The molecule has 1 aliphatic carbocycles. The molecule has 0 radical (unpaired) electrons. The lowest BCUT2D eigenvalue weighted by atomic mass is 9.74. The van der Waals surface area contributed by atoms with Gasteiger partial charge >= 0.3 is 11.9 Å². The molecule has 0 spiro atoms. The maximum absolute atomic E-state index is 11.1. The topological polar surface area (TPSA) is 87.0 Å². The van der Waals surface area contributed by atoms with Crippen molar-refractivity contribution in [3.63, 3.8) is 0 Å². The molecule has 0 unspecified atom stereocenters. The summed E-state index contributed by atoms with van der Waals surface area (Å²) in [7, 11) is 0. The summed E-state index contributed by atoms with van der Waals surface area (Å²) >= 11 is 0. The van der Waals surface area contributed by atoms with E-state index in [-0.39, 0.29) is 6.54 Å². The van der Waals surface area contributed by atoms with Crippen molar-refractivity contribution in [2.45, 2.75) is 6.42 Å². The molecule has 78 valence electrons. The van der Waals surface area contributed by atoms with E-state index in [1.807, 2.05) is 0 Å². The predicted octanol–water partition coefficient (Wildman–Crippen LogP) is 0.483. The molecule has 0 aromatic carbocycles. The van der Waals surface area contributed by atoms with E-state index in [9.17, 15) is 9.59 Å². The first-order valence-corrected chi connectivity index (χ1v) is 4.46. The lowest BCUT2D eigenvalue weighted by molar-refractivity contribution is -0.158. The highest BCUT2D eigenvalue weighted by atomic mass is 16.4. The third kappa shape index (κ3) is 1.12. The Balaban J connectivity index is 2.58. The van der Waals surface area contributed by atoms with Gasteiger partial charge in [-0.05, 0) is 17.6 Å². The van der Waals surface area contributed by atoms with Crippen molar-refractivity contribution < 1.29 is 19.8 Å². The Labute approximate surface area is 85.4 Å². The first-order chi connectivity index (χ1) is 7.09. The van der Waals surface area contributed by atoms with Gasteiger partial charge in [-0.2, -0.15) is 0 Å². The molecule has 0 bridgehead atoms. The molecule has 0 fully saturated rings. The van der Waals surface area contributed by atoms with Crippen LogP contribution in [-0.2, 0) is 9.59 Å². The second-order valence-electron chi connectivity index (χ2n) is 3.50. The van der Waals surface area contributed by atoms with Crippen LogP contribution in [0.25, 0.3) is 0 Å². The quantitative estimate of drug-likeness (QED) is 0.509. The fraction of sp³-hybridized carbons (Fsp3) is 0.300. The van der Waals surface area contributed by atoms with E-state index < -0.39 is 17.4 Å². The molecule has 0 atom stereocenters. The van der Waals surface area contributed by atoms with Gasteiger partial charge in [0.15, 0.2) is 0 Å². The molecule has 0 amide bonds. The molecule has 2 rings (SSSR count). The van der Waals surface area contributed by atoms with Crippen LogP contribution in [0.1, 0.15) is 6.42 Å². The first-order valence-electron chi connectivity index (χ1n) is 4.46. The fourth-order valence-corrected chi connectivity index (χ4v) is 1.94. The maximum atomic E-state index is 11.1. The number of allylic oxidation sites excluding steroid dienone is 2. The van der Waals surface area contributed by atoms with Crippen molar-refractivity contribution in [1.82, 2.24) is 0 Å². The van der Waals surface area contributed by atoms with Crippen LogP contribution >= 0.6 is 0 Å². The minimum absolute atomic E-state index is 0.165. The number of rotatable bonds is 2. The molecule has 1 heterocycles. The van der Waals surface area contributed by atoms with Crippen LogP contribution < -0.4 is 0 Å². The molecule has 0 saturated heterocycles. The first kappa shape index (κ1) is 9.64. The molecule has 1 aliphatic heterocycles. The number of aliphatic imine (C=N–C) groups is 1. The number of carboxylic acids is 2. The summed E-state index contributed by atoms with van der Waals surface area (Å²) in [6, 6.07) is 0. The number of hydrogen-bond acceptors (Lipinski definition) is 3. The summed E-state index contributed by atoms with van der Waals surface area (Å²) < 4.78 is 0.